The molecule has 0 aliphatic carbocycles. The molecule has 5 aromatic rings. The molecule has 1 aliphatic rings. The molecule has 1 aliphatic heterocycles. The third-order valence-electron chi connectivity index (χ3n) is 7.72. The Hall–Kier alpha value is -4.54. The van der Waals surface area contributed by atoms with Crippen molar-refractivity contribution in [2.24, 2.45) is 0 Å². The van der Waals surface area contributed by atoms with Gasteiger partial charge in [-0.25, -0.2) is 14.8 Å². The first-order valence-corrected chi connectivity index (χ1v) is 16.3. The minimum atomic E-state index is -0.573. The topological polar surface area (TPSA) is 106 Å². The Morgan fingerprint density at radius 3 is 2.20 bits per heavy atom. The van der Waals surface area contributed by atoms with Gasteiger partial charge in [-0.1, -0.05) is 103 Å². The zero-order chi connectivity index (χ0) is 31.6. The van der Waals surface area contributed by atoms with Crippen LogP contribution in [0.4, 0.5) is 4.79 Å². The van der Waals surface area contributed by atoms with Crippen molar-refractivity contribution in [2.45, 2.75) is 49.8 Å². The smallest absolute Gasteiger partial charge is 0.315 e. The molecule has 0 saturated carbocycles. The average Bonchev–Trinajstić information content (AvgIpc) is 3.13. The number of ether oxygens (including phenoxy) is 2. The Bertz CT molecular complexity index is 1710. The summed E-state index contributed by atoms with van der Waals surface area (Å²) in [4.78, 5) is 21.1. The largest absolute Gasteiger partial charge is 0.392 e. The van der Waals surface area contributed by atoms with Crippen LogP contribution in [0, 0.1) is 0 Å². The molecule has 0 unspecified atom stereocenters. The second-order valence-electron chi connectivity index (χ2n) is 11.0. The third kappa shape index (κ3) is 8.58. The molecular formula is C37H36N4O4S. The second-order valence-corrected chi connectivity index (χ2v) is 12.0. The van der Waals surface area contributed by atoms with Gasteiger partial charge in [0.2, 0.25) is 0 Å². The lowest BCUT2D eigenvalue weighted by Gasteiger charge is -2.36. The van der Waals surface area contributed by atoms with Crippen LogP contribution in [0.3, 0.4) is 0 Å². The number of aliphatic hydroxyl groups excluding tert-OH is 1. The van der Waals surface area contributed by atoms with Crippen LogP contribution in [-0.2, 0) is 29.2 Å². The summed E-state index contributed by atoms with van der Waals surface area (Å²) in [6, 6.07) is 35.7. The fraction of sp³-hybridized carbons (Fsp3) is 0.216. The van der Waals surface area contributed by atoms with E-state index >= 15 is 0 Å². The van der Waals surface area contributed by atoms with E-state index in [1.807, 2.05) is 78.9 Å². The van der Waals surface area contributed by atoms with Crippen molar-refractivity contribution in [1.82, 2.24) is 20.6 Å². The summed E-state index contributed by atoms with van der Waals surface area (Å²) in [6.07, 6.45) is 3.32. The van der Waals surface area contributed by atoms with Gasteiger partial charge in [-0.15, -0.1) is 0 Å². The van der Waals surface area contributed by atoms with Crippen LogP contribution in [0.1, 0.15) is 46.6 Å². The summed E-state index contributed by atoms with van der Waals surface area (Å²) < 4.78 is 13.1. The maximum atomic E-state index is 12.4. The number of aliphatic hydroxyl groups is 1. The van der Waals surface area contributed by atoms with Gasteiger partial charge >= 0.3 is 6.03 Å². The highest BCUT2D eigenvalue weighted by Crippen LogP contribution is 2.40. The Morgan fingerprint density at radius 2 is 1.43 bits per heavy atom. The van der Waals surface area contributed by atoms with E-state index in [2.05, 4.69) is 44.9 Å². The number of thioether (sulfide) groups is 1. The molecule has 3 atom stereocenters. The van der Waals surface area contributed by atoms with Crippen LogP contribution in [0.2, 0.25) is 0 Å². The summed E-state index contributed by atoms with van der Waals surface area (Å²) >= 11 is 1.57. The summed E-state index contributed by atoms with van der Waals surface area (Å²) in [6.45, 7) is 0.878. The van der Waals surface area contributed by atoms with Crippen molar-refractivity contribution in [3.8, 4) is 11.1 Å². The first kappa shape index (κ1) is 31.4. The molecule has 2 amide bonds. The first-order valence-electron chi connectivity index (χ1n) is 15.3. The Labute approximate surface area is 273 Å². The molecule has 3 N–H and O–H groups in total. The molecule has 8 nitrogen and oxygen atoms in total. The molecule has 6 rings (SSSR count). The van der Waals surface area contributed by atoms with Crippen LogP contribution in [0.25, 0.3) is 11.1 Å². The molecule has 46 heavy (non-hydrogen) atoms. The molecule has 1 aromatic heterocycles. The molecule has 0 bridgehead atoms. The van der Waals surface area contributed by atoms with Crippen molar-refractivity contribution in [3.05, 3.63) is 149 Å². The van der Waals surface area contributed by atoms with Crippen molar-refractivity contribution in [2.75, 3.05) is 5.75 Å². The summed E-state index contributed by atoms with van der Waals surface area (Å²) in [5.74, 6) is 0.683. The van der Waals surface area contributed by atoms with E-state index in [1.54, 1.807) is 30.2 Å². The molecule has 4 aromatic carbocycles. The lowest BCUT2D eigenvalue weighted by molar-refractivity contribution is -0.245. The minimum absolute atomic E-state index is 0.000604. The molecule has 1 saturated heterocycles. The Kier molecular flexibility index (Phi) is 10.7. The van der Waals surface area contributed by atoms with E-state index in [-0.39, 0.29) is 24.8 Å². The van der Waals surface area contributed by atoms with Gasteiger partial charge in [0.25, 0.3) is 0 Å². The third-order valence-corrected chi connectivity index (χ3v) is 8.73. The number of carbonyl (C=O) groups is 1. The molecule has 0 spiro atoms. The number of nitrogens with one attached hydrogen (secondary N) is 2. The Morgan fingerprint density at radius 1 is 0.739 bits per heavy atom. The highest BCUT2D eigenvalue weighted by Gasteiger charge is 2.32. The second kappa shape index (κ2) is 15.6. The van der Waals surface area contributed by atoms with Gasteiger partial charge in [-0.05, 0) is 51.6 Å². The lowest BCUT2D eigenvalue weighted by Crippen LogP contribution is -2.34. The number of hydrogen-bond acceptors (Lipinski definition) is 7. The van der Waals surface area contributed by atoms with Crippen molar-refractivity contribution >= 4 is 17.8 Å². The molecular weight excluding hydrogens is 596 g/mol. The normalized spacial score (nSPS) is 17.7. The monoisotopic (exact) mass is 632 g/mol. The van der Waals surface area contributed by atoms with Gasteiger partial charge in [0.05, 0.1) is 18.8 Å². The molecule has 1 fully saturated rings. The van der Waals surface area contributed by atoms with E-state index in [9.17, 15) is 9.90 Å². The number of hydrogen-bond donors (Lipinski definition) is 3. The van der Waals surface area contributed by atoms with Gasteiger partial charge in [-0.2, -0.15) is 0 Å². The van der Waals surface area contributed by atoms with Crippen LogP contribution < -0.4 is 10.6 Å². The molecule has 2 heterocycles. The van der Waals surface area contributed by atoms with E-state index in [4.69, 9.17) is 9.47 Å². The SMILES string of the molecule is O=C(NCc1ccccc1)NCc1cccc(-c2cccc([C@H]3O[C@@H](CSc4ncccn4)C[C@@H](c4ccc(CO)cc4)O3)c2)c1. The van der Waals surface area contributed by atoms with Crippen molar-refractivity contribution in [1.29, 1.82) is 0 Å². The molecule has 0 radical (unpaired) electrons. The predicted molar refractivity (Wildman–Crippen MR) is 179 cm³/mol. The number of urea groups is 1. The number of benzene rings is 4. The number of rotatable bonds is 11. The predicted octanol–water partition coefficient (Wildman–Crippen LogP) is 6.97. The van der Waals surface area contributed by atoms with Crippen LogP contribution in [0.15, 0.2) is 127 Å². The average molecular weight is 633 g/mol. The fourth-order valence-corrected chi connectivity index (χ4v) is 6.12. The summed E-state index contributed by atoms with van der Waals surface area (Å²) in [5, 5.41) is 16.1. The van der Waals surface area contributed by atoms with Gasteiger partial charge in [0.15, 0.2) is 11.4 Å². The van der Waals surface area contributed by atoms with E-state index in [1.165, 1.54) is 0 Å². The first-order chi connectivity index (χ1) is 22.6. The van der Waals surface area contributed by atoms with Crippen molar-refractivity contribution < 1.29 is 19.4 Å². The highest BCUT2D eigenvalue weighted by atomic mass is 32.2. The van der Waals surface area contributed by atoms with Crippen LogP contribution >= 0.6 is 11.8 Å². The van der Waals surface area contributed by atoms with Gasteiger partial charge in [-0.3, -0.25) is 0 Å². The number of carbonyl (C=O) groups excluding carboxylic acids is 1. The lowest BCUT2D eigenvalue weighted by atomic mass is 9.99. The Balaban J connectivity index is 1.15. The van der Waals surface area contributed by atoms with E-state index in [0.717, 1.165) is 38.9 Å². The standard InChI is InChI=1S/C37H36N4O4S/c42-24-27-13-15-29(16-14-27)34-21-33(25-46-37-38-17-6-18-39-37)44-35(45-34)32-12-5-11-31(20-32)30-10-4-9-28(19-30)23-41-36(43)40-22-26-7-2-1-3-8-26/h1-20,33-35,42H,21-25H2,(H2,40,41,43)/t33-,34+,35+/m1/s1. The maximum Gasteiger partial charge on any atom is 0.315 e. The number of amides is 2. The van der Waals surface area contributed by atoms with E-state index < -0.39 is 6.29 Å². The number of aromatic nitrogens is 2. The van der Waals surface area contributed by atoms with Crippen molar-refractivity contribution in [3.63, 3.8) is 0 Å². The van der Waals surface area contributed by atoms with Crippen LogP contribution in [-0.4, -0.2) is 33.0 Å². The van der Waals surface area contributed by atoms with Crippen LogP contribution in [0.5, 0.6) is 0 Å². The quantitative estimate of drug-likeness (QED) is 0.107. The summed E-state index contributed by atoms with van der Waals surface area (Å²) in [5.41, 5.74) is 6.92. The number of nitrogens with zero attached hydrogens (tertiary/aromatic N) is 2. The minimum Gasteiger partial charge on any atom is -0.392 e. The zero-order valence-electron chi connectivity index (χ0n) is 25.3. The summed E-state index contributed by atoms with van der Waals surface area (Å²) in [7, 11) is 0. The van der Waals surface area contributed by atoms with Gasteiger partial charge in [0.1, 0.15) is 0 Å². The van der Waals surface area contributed by atoms with E-state index in [0.29, 0.717) is 30.4 Å². The van der Waals surface area contributed by atoms with Gasteiger partial charge in [0, 0.05) is 43.2 Å². The zero-order valence-corrected chi connectivity index (χ0v) is 26.1. The molecule has 9 heteroatoms. The molecule has 234 valence electrons. The van der Waals surface area contributed by atoms with Gasteiger partial charge < -0.3 is 25.2 Å². The maximum absolute atomic E-state index is 12.4. The highest BCUT2D eigenvalue weighted by molar-refractivity contribution is 7.99. The fourth-order valence-electron chi connectivity index (χ4n) is 5.30.